The number of aromatic nitrogens is 3. The minimum atomic E-state index is -3.92. The van der Waals surface area contributed by atoms with Gasteiger partial charge in [-0.2, -0.15) is 5.10 Å². The van der Waals surface area contributed by atoms with Crippen LogP contribution in [0.1, 0.15) is 23.0 Å². The molecule has 0 aliphatic carbocycles. The molecule has 10 heteroatoms. The molecule has 0 aliphatic heterocycles. The van der Waals surface area contributed by atoms with Gasteiger partial charge in [-0.1, -0.05) is 6.07 Å². The SMILES string of the molecule is CC(=O)NS(=O)(=O)c1ccc(NC(=O)c2cnn(-c3ccccn3)c2C)cc1. The molecule has 0 unspecified atom stereocenters. The standard InChI is InChI=1S/C18H17N5O4S/c1-12-16(11-20-23(12)17-5-3-4-10-19-17)18(25)21-14-6-8-15(9-7-14)28(26,27)22-13(2)24/h3-11H,1-2H3,(H,21,25)(H,22,24). The highest BCUT2D eigenvalue weighted by molar-refractivity contribution is 7.90. The van der Waals surface area contributed by atoms with Crippen molar-refractivity contribution in [2.24, 2.45) is 0 Å². The van der Waals surface area contributed by atoms with E-state index >= 15 is 0 Å². The maximum absolute atomic E-state index is 12.5. The molecular formula is C18H17N5O4S. The summed E-state index contributed by atoms with van der Waals surface area (Å²) in [6.45, 7) is 2.86. The van der Waals surface area contributed by atoms with Crippen LogP contribution >= 0.6 is 0 Å². The van der Waals surface area contributed by atoms with Gasteiger partial charge >= 0.3 is 0 Å². The molecule has 2 aromatic heterocycles. The lowest BCUT2D eigenvalue weighted by atomic mass is 10.2. The van der Waals surface area contributed by atoms with E-state index in [0.717, 1.165) is 6.92 Å². The molecule has 2 heterocycles. The lowest BCUT2D eigenvalue weighted by molar-refractivity contribution is -0.117. The maximum Gasteiger partial charge on any atom is 0.264 e. The molecule has 0 spiro atoms. The van der Waals surface area contributed by atoms with E-state index in [1.165, 1.54) is 30.5 Å². The number of pyridine rings is 1. The first kappa shape index (κ1) is 19.2. The fraction of sp³-hybridized carbons (Fsp3) is 0.111. The lowest BCUT2D eigenvalue weighted by Gasteiger charge is -2.08. The van der Waals surface area contributed by atoms with Crippen LogP contribution in [0.5, 0.6) is 0 Å². The Kier molecular flexibility index (Phi) is 5.23. The quantitative estimate of drug-likeness (QED) is 0.672. The molecule has 0 saturated carbocycles. The van der Waals surface area contributed by atoms with Crippen molar-refractivity contribution in [3.05, 3.63) is 66.1 Å². The number of anilines is 1. The summed E-state index contributed by atoms with van der Waals surface area (Å²) >= 11 is 0. The third kappa shape index (κ3) is 4.07. The topological polar surface area (TPSA) is 123 Å². The van der Waals surface area contributed by atoms with Crippen LogP contribution in [0.3, 0.4) is 0 Å². The Hall–Kier alpha value is -3.53. The molecule has 3 rings (SSSR count). The predicted octanol–water partition coefficient (Wildman–Crippen LogP) is 1.65. The normalized spacial score (nSPS) is 11.1. The number of benzene rings is 1. The summed E-state index contributed by atoms with van der Waals surface area (Å²) in [7, 11) is -3.92. The van der Waals surface area contributed by atoms with Gasteiger partial charge in [0.05, 0.1) is 22.3 Å². The predicted molar refractivity (Wildman–Crippen MR) is 101 cm³/mol. The van der Waals surface area contributed by atoms with Gasteiger partial charge < -0.3 is 5.32 Å². The number of carbonyl (C=O) groups excluding carboxylic acids is 2. The third-order valence-corrected chi connectivity index (χ3v) is 5.27. The average Bonchev–Trinajstić information content (AvgIpc) is 3.03. The summed E-state index contributed by atoms with van der Waals surface area (Å²) in [6.07, 6.45) is 3.07. The van der Waals surface area contributed by atoms with Crippen molar-refractivity contribution >= 4 is 27.5 Å². The van der Waals surface area contributed by atoms with E-state index in [2.05, 4.69) is 15.4 Å². The summed E-state index contributed by atoms with van der Waals surface area (Å²) < 4.78 is 27.3. The van der Waals surface area contributed by atoms with Gasteiger partial charge in [-0.05, 0) is 43.3 Å². The second kappa shape index (κ2) is 7.61. The van der Waals surface area contributed by atoms with Gasteiger partial charge in [-0.25, -0.2) is 22.8 Å². The molecule has 0 fully saturated rings. The summed E-state index contributed by atoms with van der Waals surface area (Å²) in [6, 6.07) is 10.8. The minimum absolute atomic E-state index is 0.0835. The van der Waals surface area contributed by atoms with E-state index in [-0.39, 0.29) is 4.90 Å². The molecule has 2 N–H and O–H groups in total. The van der Waals surface area contributed by atoms with Crippen molar-refractivity contribution < 1.29 is 18.0 Å². The number of nitrogens with one attached hydrogen (secondary N) is 2. The van der Waals surface area contributed by atoms with Gasteiger partial charge in [-0.3, -0.25) is 9.59 Å². The van der Waals surface area contributed by atoms with Crippen LogP contribution in [0.2, 0.25) is 0 Å². The second-order valence-corrected chi connectivity index (χ2v) is 7.57. The van der Waals surface area contributed by atoms with E-state index in [1.807, 2.05) is 10.8 Å². The number of hydrogen-bond acceptors (Lipinski definition) is 6. The molecule has 0 radical (unpaired) electrons. The highest BCUT2D eigenvalue weighted by Crippen LogP contribution is 2.17. The van der Waals surface area contributed by atoms with Crippen molar-refractivity contribution in [3.8, 4) is 5.82 Å². The first-order valence-corrected chi connectivity index (χ1v) is 9.67. The summed E-state index contributed by atoms with van der Waals surface area (Å²) in [5.41, 5.74) is 1.37. The number of amides is 2. The number of sulfonamides is 1. The number of rotatable bonds is 5. The molecule has 2 amide bonds. The van der Waals surface area contributed by atoms with Crippen LogP contribution in [-0.4, -0.2) is 35.0 Å². The zero-order chi connectivity index (χ0) is 20.3. The minimum Gasteiger partial charge on any atom is -0.322 e. The molecule has 0 bridgehead atoms. The van der Waals surface area contributed by atoms with Gasteiger partial charge in [0.2, 0.25) is 5.91 Å². The van der Waals surface area contributed by atoms with Crippen molar-refractivity contribution in [2.45, 2.75) is 18.7 Å². The molecule has 28 heavy (non-hydrogen) atoms. The average molecular weight is 399 g/mol. The Morgan fingerprint density at radius 3 is 2.39 bits per heavy atom. The number of carbonyl (C=O) groups is 2. The smallest absolute Gasteiger partial charge is 0.264 e. The summed E-state index contributed by atoms with van der Waals surface area (Å²) in [5.74, 6) is -0.485. The summed E-state index contributed by atoms with van der Waals surface area (Å²) in [5, 5.41) is 6.88. The molecule has 9 nitrogen and oxygen atoms in total. The highest BCUT2D eigenvalue weighted by Gasteiger charge is 2.17. The van der Waals surface area contributed by atoms with Gasteiger partial charge in [0.1, 0.15) is 0 Å². The van der Waals surface area contributed by atoms with Crippen LogP contribution in [0.15, 0.2) is 59.8 Å². The number of nitrogens with zero attached hydrogens (tertiary/aromatic N) is 3. The van der Waals surface area contributed by atoms with Crippen LogP contribution in [0, 0.1) is 6.92 Å². The Labute approximate surface area is 161 Å². The van der Waals surface area contributed by atoms with Crippen LogP contribution < -0.4 is 10.0 Å². The molecule has 3 aromatic rings. The van der Waals surface area contributed by atoms with E-state index < -0.39 is 21.8 Å². The van der Waals surface area contributed by atoms with Crippen molar-refractivity contribution in [2.75, 3.05) is 5.32 Å². The Morgan fingerprint density at radius 1 is 1.07 bits per heavy atom. The van der Waals surface area contributed by atoms with Gasteiger partial charge in [0, 0.05) is 18.8 Å². The van der Waals surface area contributed by atoms with E-state index in [9.17, 15) is 18.0 Å². The second-order valence-electron chi connectivity index (χ2n) is 5.88. The van der Waals surface area contributed by atoms with E-state index in [4.69, 9.17) is 0 Å². The fourth-order valence-corrected chi connectivity index (χ4v) is 3.50. The van der Waals surface area contributed by atoms with Gasteiger partial charge in [0.15, 0.2) is 5.82 Å². The lowest BCUT2D eigenvalue weighted by Crippen LogP contribution is -2.28. The Morgan fingerprint density at radius 2 is 1.79 bits per heavy atom. The van der Waals surface area contributed by atoms with Crippen molar-refractivity contribution in [1.82, 2.24) is 19.5 Å². The van der Waals surface area contributed by atoms with Gasteiger partial charge in [0.25, 0.3) is 15.9 Å². The largest absolute Gasteiger partial charge is 0.322 e. The molecule has 0 aliphatic rings. The monoisotopic (exact) mass is 399 g/mol. The maximum atomic E-state index is 12.5. The molecule has 0 saturated heterocycles. The van der Waals surface area contributed by atoms with Crippen LogP contribution in [-0.2, 0) is 14.8 Å². The number of hydrogen-bond donors (Lipinski definition) is 2. The van der Waals surface area contributed by atoms with Crippen molar-refractivity contribution in [3.63, 3.8) is 0 Å². The van der Waals surface area contributed by atoms with E-state index in [1.54, 1.807) is 29.9 Å². The van der Waals surface area contributed by atoms with Crippen LogP contribution in [0.25, 0.3) is 5.82 Å². The summed E-state index contributed by atoms with van der Waals surface area (Å²) in [4.78, 5) is 27.6. The zero-order valence-corrected chi connectivity index (χ0v) is 15.9. The Balaban J connectivity index is 1.77. The van der Waals surface area contributed by atoms with Gasteiger partial charge in [-0.15, -0.1) is 0 Å². The van der Waals surface area contributed by atoms with Crippen LogP contribution in [0.4, 0.5) is 5.69 Å². The molecule has 1 aromatic carbocycles. The fourth-order valence-electron chi connectivity index (χ4n) is 2.51. The third-order valence-electron chi connectivity index (χ3n) is 3.82. The highest BCUT2D eigenvalue weighted by atomic mass is 32.2. The molecule has 144 valence electrons. The Bertz CT molecular complexity index is 1120. The molecule has 0 atom stereocenters. The van der Waals surface area contributed by atoms with Crippen molar-refractivity contribution in [1.29, 1.82) is 0 Å². The zero-order valence-electron chi connectivity index (χ0n) is 15.1. The van der Waals surface area contributed by atoms with E-state index in [0.29, 0.717) is 22.8 Å². The first-order valence-electron chi connectivity index (χ1n) is 8.19. The first-order chi connectivity index (χ1) is 13.3. The molecular weight excluding hydrogens is 382 g/mol.